The van der Waals surface area contributed by atoms with Crippen LogP contribution in [0, 0.1) is 3.57 Å². The number of nitrogens with zero attached hydrogens (tertiary/aromatic N) is 2. The van der Waals surface area contributed by atoms with E-state index in [1.165, 1.54) is 0 Å². The van der Waals surface area contributed by atoms with Gasteiger partial charge in [-0.05, 0) is 35.1 Å². The molecule has 0 radical (unpaired) electrons. The Kier molecular flexibility index (Phi) is 2.17. The lowest BCUT2D eigenvalue weighted by atomic mass is 10.2. The molecule has 1 N–H and O–H groups in total. The van der Waals surface area contributed by atoms with Gasteiger partial charge in [-0.3, -0.25) is 9.36 Å². The average Bonchev–Trinajstić information content (AvgIpc) is 2.70. The third-order valence-corrected chi connectivity index (χ3v) is 3.75. The number of aryl methyl sites for hydroxylation is 1. The molecule has 5 heteroatoms. The SMILES string of the molecule is O=c1c2cc(I)c(O)cc2nc2n1CCC2. The second-order valence-corrected chi connectivity index (χ2v) is 5.07. The van der Waals surface area contributed by atoms with E-state index >= 15 is 0 Å². The van der Waals surface area contributed by atoms with Crippen molar-refractivity contribution >= 4 is 33.5 Å². The number of aromatic nitrogens is 2. The van der Waals surface area contributed by atoms with E-state index < -0.39 is 0 Å². The van der Waals surface area contributed by atoms with E-state index in [4.69, 9.17) is 0 Å². The van der Waals surface area contributed by atoms with Gasteiger partial charge in [0, 0.05) is 19.0 Å². The number of benzene rings is 1. The van der Waals surface area contributed by atoms with Gasteiger partial charge in [0.2, 0.25) is 0 Å². The van der Waals surface area contributed by atoms with Gasteiger partial charge in [0.1, 0.15) is 11.6 Å². The molecule has 1 aromatic carbocycles. The van der Waals surface area contributed by atoms with Gasteiger partial charge < -0.3 is 5.11 Å². The first-order valence-corrected chi connectivity index (χ1v) is 6.16. The maximum Gasteiger partial charge on any atom is 0.261 e. The lowest BCUT2D eigenvalue weighted by Gasteiger charge is -2.06. The molecule has 0 saturated carbocycles. The quantitative estimate of drug-likeness (QED) is 0.749. The van der Waals surface area contributed by atoms with Crippen LogP contribution in [0.5, 0.6) is 5.75 Å². The molecule has 4 nitrogen and oxygen atoms in total. The van der Waals surface area contributed by atoms with Gasteiger partial charge >= 0.3 is 0 Å². The third kappa shape index (κ3) is 1.34. The summed E-state index contributed by atoms with van der Waals surface area (Å²) < 4.78 is 2.41. The smallest absolute Gasteiger partial charge is 0.261 e. The normalized spacial score (nSPS) is 14.3. The first-order valence-electron chi connectivity index (χ1n) is 5.09. The number of phenolic OH excluding ortho intramolecular Hbond substituents is 1. The van der Waals surface area contributed by atoms with Crippen molar-refractivity contribution in [1.82, 2.24) is 9.55 Å². The molecule has 16 heavy (non-hydrogen) atoms. The lowest BCUT2D eigenvalue weighted by Crippen LogP contribution is -2.20. The summed E-state index contributed by atoms with van der Waals surface area (Å²) in [5, 5.41) is 10.2. The number of aromatic hydroxyl groups is 1. The van der Waals surface area contributed by atoms with Crippen LogP contribution in [0.15, 0.2) is 16.9 Å². The Bertz CT molecular complexity index is 648. The molecule has 2 aromatic rings. The second kappa shape index (κ2) is 3.44. The van der Waals surface area contributed by atoms with E-state index in [0.29, 0.717) is 14.5 Å². The molecule has 0 amide bonds. The van der Waals surface area contributed by atoms with Crippen molar-refractivity contribution in [2.45, 2.75) is 19.4 Å². The number of rotatable bonds is 0. The fourth-order valence-electron chi connectivity index (χ4n) is 2.09. The summed E-state index contributed by atoms with van der Waals surface area (Å²) in [7, 11) is 0. The van der Waals surface area contributed by atoms with Crippen molar-refractivity contribution in [2.75, 3.05) is 0 Å². The first-order chi connectivity index (χ1) is 7.66. The van der Waals surface area contributed by atoms with Crippen LogP contribution in [0.25, 0.3) is 10.9 Å². The zero-order chi connectivity index (χ0) is 11.3. The van der Waals surface area contributed by atoms with Crippen LogP contribution in [0.3, 0.4) is 0 Å². The highest BCUT2D eigenvalue weighted by atomic mass is 127. The van der Waals surface area contributed by atoms with Gasteiger partial charge in [-0.15, -0.1) is 0 Å². The summed E-state index contributed by atoms with van der Waals surface area (Å²) >= 11 is 2.01. The summed E-state index contributed by atoms with van der Waals surface area (Å²) in [6, 6.07) is 3.27. The van der Waals surface area contributed by atoms with Gasteiger partial charge in [0.15, 0.2) is 0 Å². The van der Waals surface area contributed by atoms with E-state index in [0.717, 1.165) is 25.2 Å². The van der Waals surface area contributed by atoms with Gasteiger partial charge in [0.05, 0.1) is 14.5 Å². The van der Waals surface area contributed by atoms with E-state index in [2.05, 4.69) is 4.98 Å². The predicted octanol–water partition coefficient (Wildman–Crippen LogP) is 1.65. The largest absolute Gasteiger partial charge is 0.507 e. The molecule has 2 heterocycles. The summed E-state index contributed by atoms with van der Waals surface area (Å²) in [6.07, 6.45) is 1.82. The molecule has 0 atom stereocenters. The molecule has 0 saturated heterocycles. The lowest BCUT2D eigenvalue weighted by molar-refractivity contribution is 0.472. The number of phenols is 1. The molecule has 3 rings (SSSR count). The molecule has 82 valence electrons. The number of fused-ring (bicyclic) bond motifs is 2. The van der Waals surface area contributed by atoms with Crippen LogP contribution in [-0.2, 0) is 13.0 Å². The highest BCUT2D eigenvalue weighted by molar-refractivity contribution is 14.1. The van der Waals surface area contributed by atoms with Crippen LogP contribution in [-0.4, -0.2) is 14.7 Å². The third-order valence-electron chi connectivity index (χ3n) is 2.88. The Hall–Kier alpha value is -1.11. The highest BCUT2D eigenvalue weighted by Crippen LogP contribution is 2.24. The molecule has 1 aliphatic rings. The Morgan fingerprint density at radius 2 is 2.25 bits per heavy atom. The second-order valence-electron chi connectivity index (χ2n) is 3.91. The maximum atomic E-state index is 12.1. The Labute approximate surface area is 105 Å². The van der Waals surface area contributed by atoms with Crippen LogP contribution in [0.1, 0.15) is 12.2 Å². The Balaban J connectivity index is 2.46. The Morgan fingerprint density at radius 3 is 3.06 bits per heavy atom. The predicted molar refractivity (Wildman–Crippen MR) is 68.7 cm³/mol. The molecule has 0 spiro atoms. The zero-order valence-electron chi connectivity index (χ0n) is 8.40. The average molecular weight is 328 g/mol. The van der Waals surface area contributed by atoms with Gasteiger partial charge in [-0.1, -0.05) is 0 Å². The van der Waals surface area contributed by atoms with E-state index in [9.17, 15) is 9.90 Å². The van der Waals surface area contributed by atoms with E-state index in [1.54, 1.807) is 16.7 Å². The van der Waals surface area contributed by atoms with Crippen LogP contribution >= 0.6 is 22.6 Å². The summed E-state index contributed by atoms with van der Waals surface area (Å²) in [5.74, 6) is 1.01. The van der Waals surface area contributed by atoms with Crippen molar-refractivity contribution < 1.29 is 5.11 Å². The standard InChI is InChI=1S/C11H9IN2O2/c12-7-4-6-8(5-9(7)15)13-10-2-1-3-14(10)11(6)16/h4-5,15H,1-3H2. The highest BCUT2D eigenvalue weighted by Gasteiger charge is 2.16. The molecule has 0 aliphatic carbocycles. The summed E-state index contributed by atoms with van der Waals surface area (Å²) in [4.78, 5) is 16.5. The first kappa shape index (κ1) is 10.1. The fraction of sp³-hybridized carbons (Fsp3) is 0.273. The Morgan fingerprint density at radius 1 is 1.44 bits per heavy atom. The molecular formula is C11H9IN2O2. The van der Waals surface area contributed by atoms with Crippen molar-refractivity contribution in [3.8, 4) is 5.75 Å². The molecule has 0 unspecified atom stereocenters. The molecule has 1 aromatic heterocycles. The number of halogens is 1. The van der Waals surface area contributed by atoms with E-state index in [1.807, 2.05) is 22.6 Å². The van der Waals surface area contributed by atoms with Gasteiger partial charge in [-0.25, -0.2) is 4.98 Å². The topological polar surface area (TPSA) is 55.1 Å². The maximum absolute atomic E-state index is 12.1. The molecule has 0 fully saturated rings. The summed E-state index contributed by atoms with van der Waals surface area (Å²) in [6.45, 7) is 0.758. The molecular weight excluding hydrogens is 319 g/mol. The minimum absolute atomic E-state index is 0.00964. The van der Waals surface area contributed by atoms with Crippen LogP contribution in [0.2, 0.25) is 0 Å². The number of hydrogen-bond donors (Lipinski definition) is 1. The van der Waals surface area contributed by atoms with Crippen LogP contribution in [0.4, 0.5) is 0 Å². The van der Waals surface area contributed by atoms with Gasteiger partial charge in [0.25, 0.3) is 5.56 Å². The molecule has 1 aliphatic heterocycles. The number of hydrogen-bond acceptors (Lipinski definition) is 3. The van der Waals surface area contributed by atoms with Crippen molar-refractivity contribution in [1.29, 1.82) is 0 Å². The monoisotopic (exact) mass is 328 g/mol. The van der Waals surface area contributed by atoms with Crippen molar-refractivity contribution in [2.24, 2.45) is 0 Å². The summed E-state index contributed by atoms with van der Waals surface area (Å²) in [5.41, 5.74) is 0.603. The van der Waals surface area contributed by atoms with Crippen LogP contribution < -0.4 is 5.56 Å². The minimum atomic E-state index is 0.00964. The van der Waals surface area contributed by atoms with Crippen molar-refractivity contribution in [3.05, 3.63) is 31.9 Å². The minimum Gasteiger partial charge on any atom is -0.507 e. The van der Waals surface area contributed by atoms with Gasteiger partial charge in [-0.2, -0.15) is 0 Å². The molecule has 0 bridgehead atoms. The van der Waals surface area contributed by atoms with Crippen molar-refractivity contribution in [3.63, 3.8) is 0 Å². The fourth-order valence-corrected chi connectivity index (χ4v) is 2.56. The van der Waals surface area contributed by atoms with E-state index in [-0.39, 0.29) is 11.3 Å². The zero-order valence-corrected chi connectivity index (χ0v) is 10.6.